The summed E-state index contributed by atoms with van der Waals surface area (Å²) in [5.41, 5.74) is 6.28. The number of rotatable bonds is 4. The number of nitrogens with two attached hydrogens (primary N) is 1. The van der Waals surface area contributed by atoms with E-state index in [2.05, 4.69) is 21.2 Å². The lowest BCUT2D eigenvalue weighted by Crippen LogP contribution is -2.39. The minimum atomic E-state index is -0.576. The van der Waals surface area contributed by atoms with Crippen LogP contribution in [-0.2, 0) is 4.79 Å². The number of benzene rings is 1. The zero-order valence-electron chi connectivity index (χ0n) is 10.5. The van der Waals surface area contributed by atoms with Crippen LogP contribution in [0, 0.1) is 5.92 Å². The molecule has 1 unspecified atom stereocenters. The van der Waals surface area contributed by atoms with E-state index in [1.54, 1.807) is 12.1 Å². The van der Waals surface area contributed by atoms with Gasteiger partial charge in [0.15, 0.2) is 5.75 Å². The van der Waals surface area contributed by atoms with Crippen molar-refractivity contribution >= 4 is 39.1 Å². The third-order valence-electron chi connectivity index (χ3n) is 2.49. The molecule has 0 fully saturated rings. The predicted octanol–water partition coefficient (Wildman–Crippen LogP) is 3.03. The van der Waals surface area contributed by atoms with Gasteiger partial charge in [-0.25, -0.2) is 0 Å². The van der Waals surface area contributed by atoms with Gasteiger partial charge in [-0.2, -0.15) is 0 Å². The van der Waals surface area contributed by atoms with Crippen LogP contribution >= 0.6 is 27.5 Å². The van der Waals surface area contributed by atoms with E-state index in [-0.39, 0.29) is 11.8 Å². The first-order chi connectivity index (χ1) is 8.36. The molecule has 0 aliphatic heterocycles. The normalized spacial score (nSPS) is 12.4. The van der Waals surface area contributed by atoms with Crippen molar-refractivity contribution in [2.24, 2.45) is 11.7 Å². The third kappa shape index (κ3) is 3.60. The van der Waals surface area contributed by atoms with Crippen molar-refractivity contribution in [1.82, 2.24) is 0 Å². The highest BCUT2D eigenvalue weighted by atomic mass is 79.9. The van der Waals surface area contributed by atoms with Gasteiger partial charge in [0.2, 0.25) is 5.91 Å². The average Bonchev–Trinajstić information content (AvgIpc) is 2.27. The zero-order chi connectivity index (χ0) is 13.9. The molecule has 0 heterocycles. The molecule has 1 rings (SSSR count). The summed E-state index contributed by atoms with van der Waals surface area (Å²) in [6.45, 7) is 3.77. The molecule has 18 heavy (non-hydrogen) atoms. The summed E-state index contributed by atoms with van der Waals surface area (Å²) >= 11 is 9.26. The van der Waals surface area contributed by atoms with Gasteiger partial charge in [0, 0.05) is 5.02 Å². The summed E-state index contributed by atoms with van der Waals surface area (Å²) in [5.74, 6) is 0.305. The molecule has 6 heteroatoms. The molecule has 0 aliphatic rings. The minimum Gasteiger partial charge on any atom is -0.493 e. The number of amides is 1. The molecule has 0 spiro atoms. The fraction of sp³-hybridized carbons (Fsp3) is 0.417. The van der Waals surface area contributed by atoms with E-state index in [1.165, 1.54) is 7.11 Å². The lowest BCUT2D eigenvalue weighted by Gasteiger charge is -2.17. The number of carbonyl (C=O) groups is 1. The van der Waals surface area contributed by atoms with Crippen LogP contribution in [0.3, 0.4) is 0 Å². The number of hydrogen-bond donors (Lipinski definition) is 2. The van der Waals surface area contributed by atoms with Crippen molar-refractivity contribution < 1.29 is 9.53 Å². The fourth-order valence-corrected chi connectivity index (χ4v) is 2.35. The quantitative estimate of drug-likeness (QED) is 0.889. The number of anilines is 1. The van der Waals surface area contributed by atoms with Crippen molar-refractivity contribution in [2.75, 3.05) is 12.4 Å². The van der Waals surface area contributed by atoms with Gasteiger partial charge in [0.05, 0.1) is 23.3 Å². The Bertz CT molecular complexity index is 452. The Morgan fingerprint density at radius 1 is 1.50 bits per heavy atom. The van der Waals surface area contributed by atoms with E-state index >= 15 is 0 Å². The van der Waals surface area contributed by atoms with Gasteiger partial charge in [-0.05, 0) is 34.0 Å². The summed E-state index contributed by atoms with van der Waals surface area (Å²) in [6.07, 6.45) is 0. The summed E-state index contributed by atoms with van der Waals surface area (Å²) < 4.78 is 5.88. The molecule has 4 nitrogen and oxygen atoms in total. The number of halogens is 2. The van der Waals surface area contributed by atoms with E-state index < -0.39 is 6.04 Å². The Kier molecular flexibility index (Phi) is 5.44. The van der Waals surface area contributed by atoms with Crippen LogP contribution < -0.4 is 15.8 Å². The number of nitrogens with one attached hydrogen (secondary N) is 1. The summed E-state index contributed by atoms with van der Waals surface area (Å²) in [6, 6.07) is 2.74. The Morgan fingerprint density at radius 2 is 2.11 bits per heavy atom. The molecule has 0 bridgehead atoms. The van der Waals surface area contributed by atoms with Crippen LogP contribution in [0.25, 0.3) is 0 Å². The van der Waals surface area contributed by atoms with E-state index in [1.807, 2.05) is 13.8 Å². The molecule has 3 N–H and O–H groups in total. The molecule has 1 aromatic rings. The predicted molar refractivity (Wildman–Crippen MR) is 77.1 cm³/mol. The summed E-state index contributed by atoms with van der Waals surface area (Å²) in [5, 5.41) is 3.22. The highest BCUT2D eigenvalue weighted by Gasteiger charge is 2.19. The SMILES string of the molecule is COc1c(Br)cc(Cl)cc1NC(=O)C(N)C(C)C. The molecular weight excluding hydrogens is 320 g/mol. The van der Waals surface area contributed by atoms with Gasteiger partial charge in [-0.15, -0.1) is 0 Å². The first-order valence-electron chi connectivity index (χ1n) is 5.46. The maximum atomic E-state index is 11.9. The van der Waals surface area contributed by atoms with Gasteiger partial charge in [0.25, 0.3) is 0 Å². The largest absolute Gasteiger partial charge is 0.493 e. The van der Waals surface area contributed by atoms with Crippen molar-refractivity contribution in [3.05, 3.63) is 21.6 Å². The highest BCUT2D eigenvalue weighted by Crippen LogP contribution is 2.36. The van der Waals surface area contributed by atoms with Gasteiger partial charge in [0.1, 0.15) is 0 Å². The number of methoxy groups -OCH3 is 1. The van der Waals surface area contributed by atoms with Crippen LogP contribution in [0.1, 0.15) is 13.8 Å². The topological polar surface area (TPSA) is 64.3 Å². The fourth-order valence-electron chi connectivity index (χ4n) is 1.38. The first kappa shape index (κ1) is 15.3. The monoisotopic (exact) mass is 334 g/mol. The van der Waals surface area contributed by atoms with E-state index in [9.17, 15) is 4.79 Å². The molecule has 0 saturated carbocycles. The van der Waals surface area contributed by atoms with E-state index in [0.29, 0.717) is 20.9 Å². The number of ether oxygens (including phenoxy) is 1. The molecule has 0 saturated heterocycles. The molecule has 100 valence electrons. The highest BCUT2D eigenvalue weighted by molar-refractivity contribution is 9.10. The molecule has 0 aromatic heterocycles. The molecule has 0 radical (unpaired) electrons. The van der Waals surface area contributed by atoms with Crippen molar-refractivity contribution in [2.45, 2.75) is 19.9 Å². The Labute approximate surface area is 120 Å². The Hall–Kier alpha value is -0.780. The van der Waals surface area contributed by atoms with Crippen LogP contribution in [0.5, 0.6) is 5.75 Å². The van der Waals surface area contributed by atoms with Gasteiger partial charge in [-0.1, -0.05) is 25.4 Å². The van der Waals surface area contributed by atoms with Crippen LogP contribution in [-0.4, -0.2) is 19.1 Å². The maximum absolute atomic E-state index is 11.9. The maximum Gasteiger partial charge on any atom is 0.241 e. The first-order valence-corrected chi connectivity index (χ1v) is 6.63. The smallest absolute Gasteiger partial charge is 0.241 e. The van der Waals surface area contributed by atoms with E-state index in [4.69, 9.17) is 22.1 Å². The molecular formula is C12H16BrClN2O2. The van der Waals surface area contributed by atoms with Gasteiger partial charge < -0.3 is 15.8 Å². The third-order valence-corrected chi connectivity index (χ3v) is 3.30. The van der Waals surface area contributed by atoms with Crippen molar-refractivity contribution in [3.8, 4) is 5.75 Å². The second-order valence-electron chi connectivity index (χ2n) is 4.23. The van der Waals surface area contributed by atoms with Gasteiger partial charge >= 0.3 is 0 Å². The molecule has 0 aliphatic carbocycles. The second kappa shape index (κ2) is 6.41. The van der Waals surface area contributed by atoms with Crippen LogP contribution in [0.15, 0.2) is 16.6 Å². The Balaban J connectivity index is 3.00. The molecule has 1 amide bonds. The Morgan fingerprint density at radius 3 is 2.61 bits per heavy atom. The van der Waals surface area contributed by atoms with Crippen molar-refractivity contribution in [1.29, 1.82) is 0 Å². The zero-order valence-corrected chi connectivity index (χ0v) is 12.8. The average molecular weight is 336 g/mol. The minimum absolute atomic E-state index is 0.0543. The van der Waals surface area contributed by atoms with Gasteiger partial charge in [-0.3, -0.25) is 4.79 Å². The number of hydrogen-bond acceptors (Lipinski definition) is 3. The van der Waals surface area contributed by atoms with Crippen molar-refractivity contribution in [3.63, 3.8) is 0 Å². The van der Waals surface area contributed by atoms with E-state index in [0.717, 1.165) is 0 Å². The van der Waals surface area contributed by atoms with Crippen LogP contribution in [0.4, 0.5) is 5.69 Å². The molecule has 1 atom stereocenters. The second-order valence-corrected chi connectivity index (χ2v) is 5.52. The van der Waals surface area contributed by atoms with Crippen LogP contribution in [0.2, 0.25) is 5.02 Å². The lowest BCUT2D eigenvalue weighted by molar-refractivity contribution is -0.118. The summed E-state index contributed by atoms with van der Waals surface area (Å²) in [4.78, 5) is 11.9. The standard InChI is InChI=1S/C12H16BrClN2O2/c1-6(2)10(15)12(17)16-9-5-7(14)4-8(13)11(9)18-3/h4-6,10H,15H2,1-3H3,(H,16,17). The number of carbonyl (C=O) groups excluding carboxylic acids is 1. The lowest BCUT2D eigenvalue weighted by atomic mass is 10.0. The molecule has 1 aromatic carbocycles. The summed E-state index contributed by atoms with van der Waals surface area (Å²) in [7, 11) is 1.52.